The van der Waals surface area contributed by atoms with Crippen LogP contribution in [0.5, 0.6) is 0 Å². The molecule has 6 nitrogen and oxygen atoms in total. The lowest BCUT2D eigenvalue weighted by molar-refractivity contribution is -0.116. The number of unbranched alkanes of at least 4 members (excludes halogenated alkanes) is 1. The molecule has 2 aromatic heterocycles. The summed E-state index contributed by atoms with van der Waals surface area (Å²) in [6.07, 6.45) is 2.85. The molecule has 27 heavy (non-hydrogen) atoms. The number of carboxylic acids is 1. The molecule has 1 amide bonds. The fourth-order valence-electron chi connectivity index (χ4n) is 2.70. The largest absolute Gasteiger partial charge is 0.476 e. The van der Waals surface area contributed by atoms with Gasteiger partial charge in [0, 0.05) is 11.3 Å². The van der Waals surface area contributed by atoms with Crippen molar-refractivity contribution in [1.29, 1.82) is 0 Å². The third-order valence-corrected chi connectivity index (χ3v) is 6.38. The van der Waals surface area contributed by atoms with Gasteiger partial charge in [0.1, 0.15) is 0 Å². The second kappa shape index (κ2) is 8.58. The summed E-state index contributed by atoms with van der Waals surface area (Å²) in [6, 6.07) is 8.06. The van der Waals surface area contributed by atoms with Crippen LogP contribution in [0.2, 0.25) is 0 Å². The number of thiazole rings is 2. The van der Waals surface area contributed by atoms with Crippen LogP contribution in [0.3, 0.4) is 0 Å². The number of para-hydroxylation sites is 1. The Labute approximate surface area is 165 Å². The van der Waals surface area contributed by atoms with E-state index in [0.29, 0.717) is 16.4 Å². The first-order valence-electron chi connectivity index (χ1n) is 8.82. The second-order valence-corrected chi connectivity index (χ2v) is 8.67. The number of nitrogens with zero attached hydrogens (tertiary/aromatic N) is 2. The van der Waals surface area contributed by atoms with E-state index in [9.17, 15) is 14.7 Å². The number of carboxylic acid groups (broad SMARTS) is 1. The van der Waals surface area contributed by atoms with Crippen LogP contribution in [0.1, 0.15) is 59.4 Å². The summed E-state index contributed by atoms with van der Waals surface area (Å²) in [7, 11) is 0. The molecule has 0 spiro atoms. The standard InChI is InChI=1S/C19H21N3O3S2/c1-11(2)17-16(18(24)25)22-19(27-17)21-14(23)9-5-6-10-15-20-12-7-3-4-8-13(12)26-15/h3-4,7-8,11H,5-6,9-10H2,1-2H3,(H,24,25)(H,21,22,23). The highest BCUT2D eigenvalue weighted by atomic mass is 32.1. The van der Waals surface area contributed by atoms with Crippen LogP contribution >= 0.6 is 22.7 Å². The predicted molar refractivity (Wildman–Crippen MR) is 109 cm³/mol. The van der Waals surface area contributed by atoms with Gasteiger partial charge in [0.05, 0.1) is 15.2 Å². The highest BCUT2D eigenvalue weighted by molar-refractivity contribution is 7.18. The SMILES string of the molecule is CC(C)c1sc(NC(=O)CCCCc2nc3ccccc3s2)nc1C(=O)O. The number of amides is 1. The van der Waals surface area contributed by atoms with Gasteiger partial charge < -0.3 is 10.4 Å². The summed E-state index contributed by atoms with van der Waals surface area (Å²) >= 11 is 2.92. The van der Waals surface area contributed by atoms with Crippen LogP contribution in [0.4, 0.5) is 5.13 Å². The number of aromatic carboxylic acids is 1. The number of rotatable bonds is 8. The first kappa shape index (κ1) is 19.4. The maximum Gasteiger partial charge on any atom is 0.355 e. The maximum absolute atomic E-state index is 12.1. The van der Waals surface area contributed by atoms with Gasteiger partial charge in [0.2, 0.25) is 5.91 Å². The van der Waals surface area contributed by atoms with Crippen molar-refractivity contribution in [2.75, 3.05) is 5.32 Å². The number of hydrogen-bond acceptors (Lipinski definition) is 6. The highest BCUT2D eigenvalue weighted by Gasteiger charge is 2.20. The number of benzene rings is 1. The van der Waals surface area contributed by atoms with Gasteiger partial charge in [-0.15, -0.1) is 22.7 Å². The zero-order valence-electron chi connectivity index (χ0n) is 15.2. The molecule has 1 aromatic carbocycles. The van der Waals surface area contributed by atoms with E-state index in [1.807, 2.05) is 32.0 Å². The molecule has 0 aliphatic heterocycles. The van der Waals surface area contributed by atoms with Crippen LogP contribution in [0, 0.1) is 0 Å². The number of aryl methyl sites for hydroxylation is 1. The highest BCUT2D eigenvalue weighted by Crippen LogP contribution is 2.30. The van der Waals surface area contributed by atoms with E-state index in [1.54, 1.807) is 11.3 Å². The molecule has 2 heterocycles. The van der Waals surface area contributed by atoms with Gasteiger partial charge in [-0.3, -0.25) is 4.79 Å². The van der Waals surface area contributed by atoms with E-state index in [1.165, 1.54) is 16.0 Å². The Bertz CT molecular complexity index is 929. The first-order chi connectivity index (χ1) is 12.9. The third-order valence-electron chi connectivity index (χ3n) is 4.01. The summed E-state index contributed by atoms with van der Waals surface area (Å²) in [4.78, 5) is 32.7. The summed E-state index contributed by atoms with van der Waals surface area (Å²) < 4.78 is 1.18. The number of aromatic nitrogens is 2. The van der Waals surface area contributed by atoms with Gasteiger partial charge in [0.25, 0.3) is 0 Å². The molecule has 8 heteroatoms. The summed E-state index contributed by atoms with van der Waals surface area (Å²) in [5, 5.41) is 13.4. The molecule has 2 N–H and O–H groups in total. The first-order valence-corrected chi connectivity index (χ1v) is 10.5. The number of anilines is 1. The number of carbonyl (C=O) groups excluding carboxylic acids is 1. The van der Waals surface area contributed by atoms with Gasteiger partial charge in [-0.2, -0.15) is 0 Å². The van der Waals surface area contributed by atoms with Crippen molar-refractivity contribution in [1.82, 2.24) is 9.97 Å². The van der Waals surface area contributed by atoms with Crippen LogP contribution in [0.15, 0.2) is 24.3 Å². The van der Waals surface area contributed by atoms with Gasteiger partial charge in [-0.1, -0.05) is 26.0 Å². The number of nitrogens with one attached hydrogen (secondary N) is 1. The van der Waals surface area contributed by atoms with E-state index >= 15 is 0 Å². The van der Waals surface area contributed by atoms with E-state index in [0.717, 1.165) is 29.8 Å². The lowest BCUT2D eigenvalue weighted by Gasteiger charge is -2.01. The van der Waals surface area contributed by atoms with Gasteiger partial charge in [0.15, 0.2) is 10.8 Å². The van der Waals surface area contributed by atoms with Crippen molar-refractivity contribution in [3.63, 3.8) is 0 Å². The van der Waals surface area contributed by atoms with Crippen molar-refractivity contribution < 1.29 is 14.7 Å². The van der Waals surface area contributed by atoms with Gasteiger partial charge in [-0.05, 0) is 37.3 Å². The van der Waals surface area contributed by atoms with Crippen LogP contribution in [0.25, 0.3) is 10.2 Å². The lowest BCUT2D eigenvalue weighted by atomic mass is 10.1. The van der Waals surface area contributed by atoms with Crippen LogP contribution in [-0.2, 0) is 11.2 Å². The second-order valence-electron chi connectivity index (χ2n) is 6.52. The summed E-state index contributed by atoms with van der Waals surface area (Å²) in [5.41, 5.74) is 1.05. The van der Waals surface area contributed by atoms with E-state index < -0.39 is 5.97 Å². The fraction of sp³-hybridized carbons (Fsp3) is 0.368. The van der Waals surface area contributed by atoms with Crippen molar-refractivity contribution in [3.8, 4) is 0 Å². The monoisotopic (exact) mass is 403 g/mol. The Morgan fingerprint density at radius 2 is 1.93 bits per heavy atom. The molecule has 0 aliphatic rings. The van der Waals surface area contributed by atoms with Crippen molar-refractivity contribution in [3.05, 3.63) is 39.8 Å². The molecule has 142 valence electrons. The molecule has 0 radical (unpaired) electrons. The molecular formula is C19H21N3O3S2. The zero-order chi connectivity index (χ0) is 19.4. The fourth-order valence-corrected chi connectivity index (χ4v) is 4.68. The molecule has 0 bridgehead atoms. The molecule has 0 fully saturated rings. The Morgan fingerprint density at radius 3 is 2.59 bits per heavy atom. The Kier molecular flexibility index (Phi) is 6.18. The topological polar surface area (TPSA) is 92.2 Å². The van der Waals surface area contributed by atoms with E-state index in [4.69, 9.17) is 0 Å². The normalized spacial score (nSPS) is 11.2. The quantitative estimate of drug-likeness (QED) is 0.521. The van der Waals surface area contributed by atoms with Crippen molar-refractivity contribution in [2.45, 2.75) is 45.4 Å². The minimum Gasteiger partial charge on any atom is -0.476 e. The van der Waals surface area contributed by atoms with Gasteiger partial charge in [-0.25, -0.2) is 14.8 Å². The molecule has 0 aliphatic carbocycles. The maximum atomic E-state index is 12.1. The van der Waals surface area contributed by atoms with Crippen molar-refractivity contribution in [2.24, 2.45) is 0 Å². The number of carbonyl (C=O) groups is 2. The molecule has 0 atom stereocenters. The minimum atomic E-state index is -1.06. The average Bonchev–Trinajstić information content (AvgIpc) is 3.22. The van der Waals surface area contributed by atoms with Crippen LogP contribution < -0.4 is 5.32 Å². The molecule has 0 unspecified atom stereocenters. The Morgan fingerprint density at radius 1 is 1.15 bits per heavy atom. The molecule has 3 aromatic rings. The molecule has 0 saturated carbocycles. The minimum absolute atomic E-state index is 0.0288. The van der Waals surface area contributed by atoms with E-state index in [-0.39, 0.29) is 17.5 Å². The predicted octanol–water partition coefficient (Wildman–Crippen LogP) is 4.93. The molecular weight excluding hydrogens is 382 g/mol. The summed E-state index contributed by atoms with van der Waals surface area (Å²) in [5.74, 6) is -1.15. The Hall–Kier alpha value is -2.32. The third kappa shape index (κ3) is 4.90. The van der Waals surface area contributed by atoms with Gasteiger partial charge >= 0.3 is 5.97 Å². The van der Waals surface area contributed by atoms with Crippen molar-refractivity contribution >= 4 is 49.9 Å². The number of hydrogen-bond donors (Lipinski definition) is 2. The van der Waals surface area contributed by atoms with E-state index in [2.05, 4.69) is 21.4 Å². The number of fused-ring (bicyclic) bond motifs is 1. The molecule has 3 rings (SSSR count). The molecule has 0 saturated heterocycles. The smallest absolute Gasteiger partial charge is 0.355 e. The van der Waals surface area contributed by atoms with Crippen LogP contribution in [-0.4, -0.2) is 27.0 Å². The average molecular weight is 404 g/mol. The summed E-state index contributed by atoms with van der Waals surface area (Å²) in [6.45, 7) is 3.82. The zero-order valence-corrected chi connectivity index (χ0v) is 16.8. The lowest BCUT2D eigenvalue weighted by Crippen LogP contribution is -2.11. The Balaban J connectivity index is 1.48.